The number of nitrogens with zero attached hydrogens (tertiary/aromatic N) is 2. The fourth-order valence-electron chi connectivity index (χ4n) is 2.66. The molecule has 0 amide bonds. The molecule has 0 spiro atoms. The number of nitrogen functional groups attached to an aromatic ring is 1. The number of hydrogen-bond acceptors (Lipinski definition) is 4. The maximum atomic E-state index is 12.4. The van der Waals surface area contributed by atoms with E-state index in [4.69, 9.17) is 5.73 Å². The van der Waals surface area contributed by atoms with E-state index in [1.165, 1.54) is 16.9 Å². The first kappa shape index (κ1) is 13.4. The largest absolute Gasteiger partial charge is 0.383 e. The number of sulfonamides is 1. The lowest BCUT2D eigenvalue weighted by Gasteiger charge is -2.35. The van der Waals surface area contributed by atoms with Crippen LogP contribution in [0.15, 0.2) is 11.1 Å². The third-order valence-corrected chi connectivity index (χ3v) is 5.73. The van der Waals surface area contributed by atoms with Crippen molar-refractivity contribution in [1.29, 1.82) is 0 Å². The molecule has 0 aliphatic heterocycles. The van der Waals surface area contributed by atoms with Gasteiger partial charge in [-0.3, -0.25) is 5.10 Å². The highest BCUT2D eigenvalue weighted by atomic mass is 32.2. The third kappa shape index (κ3) is 2.24. The van der Waals surface area contributed by atoms with Crippen molar-refractivity contribution in [2.24, 2.45) is 5.92 Å². The van der Waals surface area contributed by atoms with E-state index in [0.29, 0.717) is 5.92 Å². The van der Waals surface area contributed by atoms with Crippen molar-refractivity contribution in [3.8, 4) is 0 Å². The summed E-state index contributed by atoms with van der Waals surface area (Å²) in [5.41, 5.74) is 5.60. The molecule has 2 atom stereocenters. The molecule has 2 unspecified atom stereocenters. The Hall–Kier alpha value is -1.08. The van der Waals surface area contributed by atoms with Crippen molar-refractivity contribution in [1.82, 2.24) is 14.5 Å². The van der Waals surface area contributed by atoms with Crippen molar-refractivity contribution in [3.05, 3.63) is 6.20 Å². The Bertz CT molecular complexity index is 511. The molecule has 0 radical (unpaired) electrons. The molecule has 1 saturated carbocycles. The molecule has 0 bridgehead atoms. The van der Waals surface area contributed by atoms with Crippen LogP contribution in [0, 0.1) is 5.92 Å². The van der Waals surface area contributed by atoms with Crippen LogP contribution in [0.1, 0.15) is 32.6 Å². The summed E-state index contributed by atoms with van der Waals surface area (Å²) < 4.78 is 26.3. The maximum absolute atomic E-state index is 12.4. The summed E-state index contributed by atoms with van der Waals surface area (Å²) in [6.07, 6.45) is 5.52. The van der Waals surface area contributed by atoms with Gasteiger partial charge < -0.3 is 5.73 Å². The highest BCUT2D eigenvalue weighted by molar-refractivity contribution is 7.89. The Morgan fingerprint density at radius 1 is 1.44 bits per heavy atom. The Labute approximate surface area is 108 Å². The normalized spacial score (nSPS) is 25.5. The minimum atomic E-state index is -3.54. The minimum absolute atomic E-state index is 0.0537. The lowest BCUT2D eigenvalue weighted by molar-refractivity contribution is 0.213. The molecule has 0 aromatic carbocycles. The molecule has 7 heteroatoms. The number of aromatic nitrogens is 2. The number of nitrogens with two attached hydrogens (primary N) is 1. The van der Waals surface area contributed by atoms with Gasteiger partial charge in [0, 0.05) is 13.1 Å². The molecule has 0 saturated heterocycles. The molecule has 102 valence electrons. The van der Waals surface area contributed by atoms with Gasteiger partial charge >= 0.3 is 0 Å². The number of aromatic amines is 1. The monoisotopic (exact) mass is 272 g/mol. The lowest BCUT2D eigenvalue weighted by atomic mass is 9.86. The molecule has 2 rings (SSSR count). The molecular formula is C11H20N4O2S. The number of nitrogens with one attached hydrogen (secondary N) is 1. The van der Waals surface area contributed by atoms with Gasteiger partial charge in [0.05, 0.1) is 6.20 Å². The highest BCUT2D eigenvalue weighted by Crippen LogP contribution is 2.31. The first-order valence-corrected chi connectivity index (χ1v) is 7.65. The van der Waals surface area contributed by atoms with Crippen LogP contribution in [0.25, 0.3) is 0 Å². The van der Waals surface area contributed by atoms with Crippen molar-refractivity contribution < 1.29 is 8.42 Å². The van der Waals surface area contributed by atoms with Gasteiger partial charge in [0.15, 0.2) is 0 Å². The predicted octanol–water partition coefficient (Wildman–Crippen LogP) is 1.19. The Kier molecular flexibility index (Phi) is 3.63. The second-order valence-electron chi connectivity index (χ2n) is 5.00. The van der Waals surface area contributed by atoms with Crippen LogP contribution >= 0.6 is 0 Å². The minimum Gasteiger partial charge on any atom is -0.383 e. The highest BCUT2D eigenvalue weighted by Gasteiger charge is 2.34. The van der Waals surface area contributed by atoms with Crippen molar-refractivity contribution in [3.63, 3.8) is 0 Å². The molecule has 6 nitrogen and oxygen atoms in total. The standard InChI is InChI=1S/C11H20N4O2S/c1-8-5-3-4-6-9(8)15(2)18(16,17)10-7-13-14-11(10)12/h7-9H,3-6H2,1-2H3,(H3,12,13,14). The Morgan fingerprint density at radius 2 is 2.11 bits per heavy atom. The van der Waals surface area contributed by atoms with Gasteiger partial charge in [-0.15, -0.1) is 0 Å². The second-order valence-corrected chi connectivity index (χ2v) is 6.96. The van der Waals surface area contributed by atoms with Crippen molar-refractivity contribution in [2.45, 2.75) is 43.5 Å². The van der Waals surface area contributed by atoms with Gasteiger partial charge in [-0.25, -0.2) is 8.42 Å². The molecule has 1 aliphatic rings. The average Bonchev–Trinajstić information content (AvgIpc) is 2.76. The molecule has 1 aromatic rings. The zero-order valence-electron chi connectivity index (χ0n) is 10.8. The molecule has 1 aliphatic carbocycles. The van der Waals surface area contributed by atoms with E-state index in [1.54, 1.807) is 7.05 Å². The van der Waals surface area contributed by atoms with Gasteiger partial charge in [-0.1, -0.05) is 19.8 Å². The van der Waals surface area contributed by atoms with Crippen LogP contribution in [-0.2, 0) is 10.0 Å². The van der Waals surface area contributed by atoms with E-state index >= 15 is 0 Å². The van der Waals surface area contributed by atoms with Crippen LogP contribution in [-0.4, -0.2) is 36.0 Å². The van der Waals surface area contributed by atoms with E-state index in [-0.39, 0.29) is 16.8 Å². The molecule has 1 heterocycles. The smallest absolute Gasteiger partial charge is 0.248 e. The van der Waals surface area contributed by atoms with Gasteiger partial charge in [-0.2, -0.15) is 9.40 Å². The van der Waals surface area contributed by atoms with E-state index < -0.39 is 10.0 Å². The fourth-order valence-corrected chi connectivity index (χ4v) is 4.15. The predicted molar refractivity (Wildman–Crippen MR) is 69.4 cm³/mol. The number of anilines is 1. The molecule has 3 N–H and O–H groups in total. The van der Waals surface area contributed by atoms with Crippen LogP contribution in [0.5, 0.6) is 0 Å². The fraction of sp³-hybridized carbons (Fsp3) is 0.727. The number of rotatable bonds is 3. The first-order chi connectivity index (χ1) is 8.44. The summed E-state index contributed by atoms with van der Waals surface area (Å²) in [6, 6.07) is 0.0537. The lowest BCUT2D eigenvalue weighted by Crippen LogP contribution is -2.42. The van der Waals surface area contributed by atoms with Crippen LogP contribution < -0.4 is 5.73 Å². The molecular weight excluding hydrogens is 252 g/mol. The summed E-state index contributed by atoms with van der Waals surface area (Å²) in [6.45, 7) is 2.11. The quantitative estimate of drug-likeness (QED) is 0.864. The summed E-state index contributed by atoms with van der Waals surface area (Å²) in [5.74, 6) is 0.483. The van der Waals surface area contributed by atoms with Crippen molar-refractivity contribution >= 4 is 15.8 Å². The second kappa shape index (κ2) is 4.89. The van der Waals surface area contributed by atoms with Crippen LogP contribution in [0.2, 0.25) is 0 Å². The van der Waals surface area contributed by atoms with Crippen molar-refractivity contribution in [2.75, 3.05) is 12.8 Å². The topological polar surface area (TPSA) is 92.1 Å². The average molecular weight is 272 g/mol. The van der Waals surface area contributed by atoms with Gasteiger partial charge in [0.1, 0.15) is 10.7 Å². The van der Waals surface area contributed by atoms with E-state index in [1.807, 2.05) is 0 Å². The number of H-pyrrole nitrogens is 1. The van der Waals surface area contributed by atoms with Gasteiger partial charge in [0.2, 0.25) is 10.0 Å². The van der Waals surface area contributed by atoms with Crippen LogP contribution in [0.4, 0.5) is 5.82 Å². The van der Waals surface area contributed by atoms with Gasteiger partial charge in [0.25, 0.3) is 0 Å². The summed E-state index contributed by atoms with van der Waals surface area (Å²) in [7, 11) is -1.91. The Balaban J connectivity index is 2.27. The SMILES string of the molecule is CC1CCCCC1N(C)S(=O)(=O)c1cn[nH]c1N. The summed E-state index contributed by atoms with van der Waals surface area (Å²) >= 11 is 0. The summed E-state index contributed by atoms with van der Waals surface area (Å²) in [4.78, 5) is 0.0720. The molecule has 18 heavy (non-hydrogen) atoms. The maximum Gasteiger partial charge on any atom is 0.248 e. The van der Waals surface area contributed by atoms with Crippen LogP contribution in [0.3, 0.4) is 0 Å². The van der Waals surface area contributed by atoms with E-state index in [9.17, 15) is 8.42 Å². The molecule has 1 aromatic heterocycles. The third-order valence-electron chi connectivity index (χ3n) is 3.82. The Morgan fingerprint density at radius 3 is 2.67 bits per heavy atom. The zero-order valence-corrected chi connectivity index (χ0v) is 11.6. The number of hydrogen-bond donors (Lipinski definition) is 2. The molecule has 1 fully saturated rings. The van der Waals surface area contributed by atoms with E-state index in [2.05, 4.69) is 17.1 Å². The van der Waals surface area contributed by atoms with Gasteiger partial charge in [-0.05, 0) is 18.8 Å². The summed E-state index contributed by atoms with van der Waals surface area (Å²) in [5, 5.41) is 6.14. The zero-order chi connectivity index (χ0) is 13.3. The van der Waals surface area contributed by atoms with E-state index in [0.717, 1.165) is 19.3 Å². The first-order valence-electron chi connectivity index (χ1n) is 6.21.